The summed E-state index contributed by atoms with van der Waals surface area (Å²) >= 11 is 0. The third-order valence-electron chi connectivity index (χ3n) is 1.49. The first-order valence-electron chi connectivity index (χ1n) is 3.75. The fourth-order valence-electron chi connectivity index (χ4n) is 0.504. The van der Waals surface area contributed by atoms with Crippen LogP contribution in [-0.4, -0.2) is 37.8 Å². The standard InChI is InChI=1S/C5F10O4S/c6-2(7,20(15,17)18)1(16)19-5(13,14)3(8,9)4(10,11)12. The van der Waals surface area contributed by atoms with Gasteiger partial charge in [-0.1, -0.05) is 3.89 Å². The van der Waals surface area contributed by atoms with E-state index >= 15 is 0 Å². The summed E-state index contributed by atoms with van der Waals surface area (Å²) in [5.41, 5.74) is 0. The van der Waals surface area contributed by atoms with Gasteiger partial charge in [-0.15, -0.1) is 0 Å². The van der Waals surface area contributed by atoms with Gasteiger partial charge in [-0.2, -0.15) is 47.9 Å². The zero-order valence-electron chi connectivity index (χ0n) is 8.32. The summed E-state index contributed by atoms with van der Waals surface area (Å²) in [6.07, 6.45) is -13.9. The molecule has 0 bridgehead atoms. The van der Waals surface area contributed by atoms with E-state index in [4.69, 9.17) is 0 Å². The van der Waals surface area contributed by atoms with Gasteiger partial charge in [0, 0.05) is 0 Å². The highest BCUT2D eigenvalue weighted by Gasteiger charge is 2.77. The van der Waals surface area contributed by atoms with Crippen LogP contribution in [0.4, 0.5) is 43.4 Å². The lowest BCUT2D eigenvalue weighted by Crippen LogP contribution is -2.56. The smallest absolute Gasteiger partial charge is 0.390 e. The Bertz CT molecular complexity index is 490. The molecule has 15 heteroatoms. The molecule has 0 aromatic carbocycles. The van der Waals surface area contributed by atoms with E-state index in [9.17, 15) is 56.6 Å². The number of halogens is 10. The average Bonchev–Trinajstić information content (AvgIpc) is 2.12. The van der Waals surface area contributed by atoms with Gasteiger partial charge in [0.1, 0.15) is 0 Å². The first-order chi connectivity index (χ1) is 8.38. The summed E-state index contributed by atoms with van der Waals surface area (Å²) in [4.78, 5) is 10.1. The Morgan fingerprint density at radius 3 is 1.45 bits per heavy atom. The summed E-state index contributed by atoms with van der Waals surface area (Å²) in [5, 5.41) is -6.39. The quantitative estimate of drug-likeness (QED) is 0.445. The van der Waals surface area contributed by atoms with Crippen molar-refractivity contribution in [3.8, 4) is 0 Å². The van der Waals surface area contributed by atoms with Crippen LogP contribution in [0.15, 0.2) is 0 Å². The number of carbonyl (C=O) groups is 1. The van der Waals surface area contributed by atoms with Gasteiger partial charge < -0.3 is 4.74 Å². The van der Waals surface area contributed by atoms with Crippen molar-refractivity contribution in [2.24, 2.45) is 0 Å². The van der Waals surface area contributed by atoms with Crippen molar-refractivity contribution in [3.05, 3.63) is 0 Å². The maximum atomic E-state index is 12.3. The molecule has 0 aliphatic rings. The highest BCUT2D eigenvalue weighted by atomic mass is 32.3. The van der Waals surface area contributed by atoms with Crippen molar-refractivity contribution >= 4 is 16.2 Å². The number of hydrogen-bond donors (Lipinski definition) is 0. The Hall–Kier alpha value is -1.28. The average molecular weight is 346 g/mol. The van der Waals surface area contributed by atoms with Crippen LogP contribution in [0, 0.1) is 0 Å². The fourth-order valence-corrected chi connectivity index (χ4v) is 0.745. The van der Waals surface area contributed by atoms with E-state index in [-0.39, 0.29) is 0 Å². The van der Waals surface area contributed by atoms with Crippen molar-refractivity contribution < 1.29 is 61.3 Å². The topological polar surface area (TPSA) is 60.4 Å². The van der Waals surface area contributed by atoms with Crippen LogP contribution in [0.2, 0.25) is 0 Å². The molecule has 4 nitrogen and oxygen atoms in total. The zero-order valence-corrected chi connectivity index (χ0v) is 9.14. The minimum Gasteiger partial charge on any atom is -0.390 e. The summed E-state index contributed by atoms with van der Waals surface area (Å²) in [5.74, 6) is -11.3. The monoisotopic (exact) mass is 346 g/mol. The van der Waals surface area contributed by atoms with E-state index in [1.165, 1.54) is 0 Å². The first-order valence-corrected chi connectivity index (χ1v) is 5.14. The molecule has 0 spiro atoms. The summed E-state index contributed by atoms with van der Waals surface area (Å²) in [6.45, 7) is 0. The fraction of sp³-hybridized carbons (Fsp3) is 0.800. The molecule has 0 aromatic heterocycles. The Morgan fingerprint density at radius 2 is 1.20 bits per heavy atom. The molecular weight excluding hydrogens is 346 g/mol. The van der Waals surface area contributed by atoms with Crippen LogP contribution in [0.25, 0.3) is 0 Å². The lowest BCUT2D eigenvalue weighted by molar-refractivity contribution is -0.414. The number of hydrogen-bond acceptors (Lipinski definition) is 4. The number of carbonyl (C=O) groups excluding carboxylic acids is 1. The van der Waals surface area contributed by atoms with Crippen LogP contribution >= 0.6 is 0 Å². The van der Waals surface area contributed by atoms with Gasteiger partial charge in [0.15, 0.2) is 0 Å². The highest BCUT2D eigenvalue weighted by Crippen LogP contribution is 2.47. The van der Waals surface area contributed by atoms with Crippen LogP contribution in [0.5, 0.6) is 0 Å². The molecule has 0 aliphatic carbocycles. The SMILES string of the molecule is O=C(OC(F)(F)C(F)(F)C(F)(F)F)C(F)(F)S(=O)(=O)F. The van der Waals surface area contributed by atoms with E-state index < -0.39 is 39.7 Å². The predicted molar refractivity (Wildman–Crippen MR) is 37.0 cm³/mol. The zero-order chi connectivity index (χ0) is 16.8. The van der Waals surface area contributed by atoms with Gasteiger partial charge in [0.05, 0.1) is 0 Å². The second-order valence-corrected chi connectivity index (χ2v) is 4.32. The molecular formula is C5F10O4S. The van der Waals surface area contributed by atoms with Crippen molar-refractivity contribution in [1.82, 2.24) is 0 Å². The number of alkyl halides is 9. The molecule has 20 heavy (non-hydrogen) atoms. The molecule has 0 rings (SSSR count). The molecule has 120 valence electrons. The molecule has 0 atom stereocenters. The normalized spacial score (nSPS) is 15.1. The number of ether oxygens (including phenoxy) is 1. The van der Waals surface area contributed by atoms with Crippen molar-refractivity contribution in [3.63, 3.8) is 0 Å². The molecule has 0 saturated carbocycles. The Morgan fingerprint density at radius 1 is 0.850 bits per heavy atom. The largest absolute Gasteiger partial charge is 0.476 e. The van der Waals surface area contributed by atoms with Crippen molar-refractivity contribution in [2.75, 3.05) is 0 Å². The molecule has 0 fully saturated rings. The number of rotatable bonds is 4. The maximum Gasteiger partial charge on any atom is 0.476 e. The van der Waals surface area contributed by atoms with E-state index in [1.54, 1.807) is 0 Å². The van der Waals surface area contributed by atoms with Crippen LogP contribution < -0.4 is 0 Å². The van der Waals surface area contributed by atoms with Gasteiger partial charge in [-0.3, -0.25) is 0 Å². The maximum absolute atomic E-state index is 12.3. The van der Waals surface area contributed by atoms with Gasteiger partial charge >= 0.3 is 39.7 Å². The molecule has 0 saturated heterocycles. The van der Waals surface area contributed by atoms with E-state index in [1.807, 2.05) is 4.74 Å². The third-order valence-corrected chi connectivity index (χ3v) is 2.27. The Labute approximate surface area is 102 Å². The third kappa shape index (κ3) is 3.06. The van der Waals surface area contributed by atoms with E-state index in [0.717, 1.165) is 0 Å². The van der Waals surface area contributed by atoms with Gasteiger partial charge in [0.25, 0.3) is 0 Å². The minimum atomic E-state index is -7.22. The lowest BCUT2D eigenvalue weighted by Gasteiger charge is -2.27. The second-order valence-electron chi connectivity index (χ2n) is 2.93. The second kappa shape index (κ2) is 4.63. The van der Waals surface area contributed by atoms with Gasteiger partial charge in [0.2, 0.25) is 0 Å². The van der Waals surface area contributed by atoms with E-state index in [0.29, 0.717) is 0 Å². The number of esters is 1. The van der Waals surface area contributed by atoms with Crippen LogP contribution in [0.3, 0.4) is 0 Å². The lowest BCUT2D eigenvalue weighted by atomic mass is 10.3. The Balaban J connectivity index is 5.49. The predicted octanol–water partition coefficient (Wildman–Crippen LogP) is 2.21. The molecule has 0 N–H and O–H groups in total. The molecule has 0 unspecified atom stereocenters. The molecule has 0 amide bonds. The minimum absolute atomic E-state index is 1.81. The molecule has 0 aliphatic heterocycles. The molecule has 0 radical (unpaired) electrons. The summed E-state index contributed by atoms with van der Waals surface area (Å²) in [7, 11) is -7.22. The molecule has 0 heterocycles. The van der Waals surface area contributed by atoms with Gasteiger partial charge in [-0.05, 0) is 0 Å². The van der Waals surface area contributed by atoms with Crippen molar-refractivity contribution in [1.29, 1.82) is 0 Å². The van der Waals surface area contributed by atoms with Gasteiger partial charge in [-0.25, -0.2) is 4.79 Å². The van der Waals surface area contributed by atoms with E-state index in [2.05, 4.69) is 0 Å². The summed E-state index contributed by atoms with van der Waals surface area (Å²) in [6, 6.07) is 0. The Kier molecular flexibility index (Phi) is 4.33. The molecule has 0 aromatic rings. The highest BCUT2D eigenvalue weighted by molar-refractivity contribution is 7.88. The first kappa shape index (κ1) is 18.7. The van der Waals surface area contributed by atoms with Crippen LogP contribution in [-0.2, 0) is 19.8 Å². The summed E-state index contributed by atoms with van der Waals surface area (Å²) < 4.78 is 141. The van der Waals surface area contributed by atoms with Crippen molar-refractivity contribution in [2.45, 2.75) is 23.5 Å². The van der Waals surface area contributed by atoms with Crippen LogP contribution in [0.1, 0.15) is 0 Å².